The molecule has 2 nitrogen and oxygen atoms in total. The van der Waals surface area contributed by atoms with Crippen molar-refractivity contribution in [1.82, 2.24) is 4.98 Å². The Bertz CT molecular complexity index is 397. The van der Waals surface area contributed by atoms with Gasteiger partial charge in [0.15, 0.2) is 0 Å². The second kappa shape index (κ2) is 3.37. The van der Waals surface area contributed by atoms with E-state index in [1.165, 1.54) is 18.5 Å². The van der Waals surface area contributed by atoms with Crippen molar-refractivity contribution in [3.63, 3.8) is 0 Å². The lowest BCUT2D eigenvalue weighted by molar-refractivity contribution is 0.218. The summed E-state index contributed by atoms with van der Waals surface area (Å²) in [7, 11) is 0. The van der Waals surface area contributed by atoms with Crippen LogP contribution in [0.1, 0.15) is 18.5 Å². The third-order valence-electron chi connectivity index (χ3n) is 3.71. The van der Waals surface area contributed by atoms with Gasteiger partial charge in [-0.05, 0) is 37.8 Å². The van der Waals surface area contributed by atoms with Crippen LogP contribution < -0.4 is 5.32 Å². The number of aromatic nitrogens is 1. The molecular weight excluding hydrogens is 184 g/mol. The fraction of sp³-hybridized carbons (Fsp3) is 0.462. The molecular formula is C13H16N2. The molecule has 0 aliphatic heterocycles. The summed E-state index contributed by atoms with van der Waals surface area (Å²) in [6.45, 7) is 2.06. The SMILES string of the molecule is Cc1ncccc1NC1CC2CC=CC21. The number of hydrogen-bond donors (Lipinski definition) is 1. The minimum Gasteiger partial charge on any atom is -0.380 e. The molecule has 3 unspecified atom stereocenters. The maximum Gasteiger partial charge on any atom is 0.0603 e. The van der Waals surface area contributed by atoms with Crippen LogP contribution in [-0.4, -0.2) is 11.0 Å². The summed E-state index contributed by atoms with van der Waals surface area (Å²) in [5.41, 5.74) is 2.30. The van der Waals surface area contributed by atoms with Crippen molar-refractivity contribution in [3.05, 3.63) is 36.2 Å². The Morgan fingerprint density at radius 1 is 1.47 bits per heavy atom. The zero-order valence-corrected chi connectivity index (χ0v) is 8.98. The van der Waals surface area contributed by atoms with Crippen LogP contribution in [0.15, 0.2) is 30.5 Å². The highest BCUT2D eigenvalue weighted by Crippen LogP contribution is 2.44. The number of hydrogen-bond acceptors (Lipinski definition) is 2. The van der Waals surface area contributed by atoms with Crippen LogP contribution in [0.4, 0.5) is 5.69 Å². The Kier molecular flexibility index (Phi) is 2.01. The summed E-state index contributed by atoms with van der Waals surface area (Å²) in [5, 5.41) is 3.60. The summed E-state index contributed by atoms with van der Waals surface area (Å²) in [6, 6.07) is 4.75. The number of nitrogens with zero attached hydrogens (tertiary/aromatic N) is 1. The van der Waals surface area contributed by atoms with Crippen molar-refractivity contribution >= 4 is 5.69 Å². The van der Waals surface area contributed by atoms with E-state index in [9.17, 15) is 0 Å². The van der Waals surface area contributed by atoms with Crippen LogP contribution in [-0.2, 0) is 0 Å². The van der Waals surface area contributed by atoms with Gasteiger partial charge in [-0.2, -0.15) is 0 Å². The topological polar surface area (TPSA) is 24.9 Å². The summed E-state index contributed by atoms with van der Waals surface area (Å²) >= 11 is 0. The van der Waals surface area contributed by atoms with Gasteiger partial charge in [0.25, 0.3) is 0 Å². The Balaban J connectivity index is 1.72. The van der Waals surface area contributed by atoms with Gasteiger partial charge in [-0.15, -0.1) is 0 Å². The van der Waals surface area contributed by atoms with Crippen molar-refractivity contribution < 1.29 is 0 Å². The standard InChI is InChI=1S/C13H16N2/c1-9-12(6-3-7-14-9)15-13-8-10-4-2-5-11(10)13/h2-3,5-7,10-11,13,15H,4,8H2,1H3. The Hall–Kier alpha value is -1.31. The molecule has 2 heteroatoms. The smallest absolute Gasteiger partial charge is 0.0603 e. The number of fused-ring (bicyclic) bond motifs is 1. The average molecular weight is 200 g/mol. The van der Waals surface area contributed by atoms with Crippen LogP contribution in [0.25, 0.3) is 0 Å². The second-order valence-corrected chi connectivity index (χ2v) is 4.62. The first-order valence-corrected chi connectivity index (χ1v) is 5.69. The molecule has 2 aliphatic rings. The lowest BCUT2D eigenvalue weighted by Gasteiger charge is -2.41. The Morgan fingerprint density at radius 3 is 3.20 bits per heavy atom. The molecule has 1 aromatic rings. The summed E-state index contributed by atoms with van der Waals surface area (Å²) in [4.78, 5) is 4.30. The third-order valence-corrected chi connectivity index (χ3v) is 3.71. The summed E-state index contributed by atoms with van der Waals surface area (Å²) in [5.74, 6) is 1.68. The largest absolute Gasteiger partial charge is 0.380 e. The molecule has 2 aliphatic carbocycles. The van der Waals surface area contributed by atoms with Gasteiger partial charge in [-0.1, -0.05) is 12.2 Å². The fourth-order valence-electron chi connectivity index (χ4n) is 2.72. The van der Waals surface area contributed by atoms with Gasteiger partial charge in [0.05, 0.1) is 11.4 Å². The minimum atomic E-state index is 0.636. The van der Waals surface area contributed by atoms with E-state index in [0.29, 0.717) is 6.04 Å². The van der Waals surface area contributed by atoms with Crippen molar-refractivity contribution in [2.24, 2.45) is 11.8 Å². The second-order valence-electron chi connectivity index (χ2n) is 4.62. The quantitative estimate of drug-likeness (QED) is 0.742. The van der Waals surface area contributed by atoms with E-state index in [4.69, 9.17) is 0 Å². The fourth-order valence-corrected chi connectivity index (χ4v) is 2.72. The number of rotatable bonds is 2. The first-order valence-electron chi connectivity index (χ1n) is 5.69. The van der Waals surface area contributed by atoms with E-state index in [1.54, 1.807) is 0 Å². The molecule has 0 aromatic carbocycles. The van der Waals surface area contributed by atoms with Crippen LogP contribution in [0, 0.1) is 18.8 Å². The molecule has 0 radical (unpaired) electrons. The van der Waals surface area contributed by atoms with Gasteiger partial charge in [0.1, 0.15) is 0 Å². The summed E-state index contributed by atoms with van der Waals surface area (Å²) < 4.78 is 0. The number of nitrogens with one attached hydrogen (secondary N) is 1. The number of pyridine rings is 1. The maximum atomic E-state index is 4.30. The Morgan fingerprint density at radius 2 is 2.40 bits per heavy atom. The van der Waals surface area contributed by atoms with Gasteiger partial charge in [-0.3, -0.25) is 4.98 Å². The zero-order valence-electron chi connectivity index (χ0n) is 8.98. The summed E-state index contributed by atoms with van der Waals surface area (Å²) in [6.07, 6.45) is 9.14. The first-order chi connectivity index (χ1) is 7.34. The van der Waals surface area contributed by atoms with Crippen molar-refractivity contribution in [2.75, 3.05) is 5.32 Å². The van der Waals surface area contributed by atoms with Gasteiger partial charge >= 0.3 is 0 Å². The predicted octanol–water partition coefficient (Wildman–Crippen LogP) is 2.77. The molecule has 3 rings (SSSR count). The highest BCUT2D eigenvalue weighted by molar-refractivity contribution is 5.48. The molecule has 1 saturated carbocycles. The monoisotopic (exact) mass is 200 g/mol. The molecule has 0 amide bonds. The average Bonchev–Trinajstić information content (AvgIpc) is 2.59. The third kappa shape index (κ3) is 1.44. The number of allylic oxidation sites excluding steroid dienone is 1. The zero-order chi connectivity index (χ0) is 10.3. The van der Waals surface area contributed by atoms with Crippen LogP contribution >= 0.6 is 0 Å². The first kappa shape index (κ1) is 8.96. The molecule has 0 saturated heterocycles. The molecule has 1 heterocycles. The van der Waals surface area contributed by atoms with Gasteiger partial charge in [0, 0.05) is 18.2 Å². The predicted molar refractivity (Wildman–Crippen MR) is 61.7 cm³/mol. The Labute approximate surface area is 90.4 Å². The van der Waals surface area contributed by atoms with E-state index in [-0.39, 0.29) is 0 Å². The number of anilines is 1. The molecule has 0 spiro atoms. The van der Waals surface area contributed by atoms with E-state index in [1.807, 2.05) is 12.3 Å². The van der Waals surface area contributed by atoms with Gasteiger partial charge < -0.3 is 5.32 Å². The molecule has 15 heavy (non-hydrogen) atoms. The van der Waals surface area contributed by atoms with Crippen molar-refractivity contribution in [1.29, 1.82) is 0 Å². The van der Waals surface area contributed by atoms with Crippen LogP contribution in [0.3, 0.4) is 0 Å². The van der Waals surface area contributed by atoms with E-state index in [0.717, 1.165) is 17.5 Å². The highest BCUT2D eigenvalue weighted by Gasteiger charge is 2.40. The minimum absolute atomic E-state index is 0.636. The molecule has 78 valence electrons. The van der Waals surface area contributed by atoms with E-state index in [2.05, 4.69) is 35.4 Å². The van der Waals surface area contributed by atoms with Crippen LogP contribution in [0.2, 0.25) is 0 Å². The lowest BCUT2D eigenvalue weighted by atomic mass is 9.71. The maximum absolute atomic E-state index is 4.30. The molecule has 0 bridgehead atoms. The van der Waals surface area contributed by atoms with Gasteiger partial charge in [0.2, 0.25) is 0 Å². The van der Waals surface area contributed by atoms with Crippen molar-refractivity contribution in [2.45, 2.75) is 25.8 Å². The van der Waals surface area contributed by atoms with Gasteiger partial charge in [-0.25, -0.2) is 0 Å². The molecule has 1 fully saturated rings. The van der Waals surface area contributed by atoms with E-state index < -0.39 is 0 Å². The molecule has 3 atom stereocenters. The van der Waals surface area contributed by atoms with E-state index >= 15 is 0 Å². The normalized spacial score (nSPS) is 32.2. The number of aryl methyl sites for hydroxylation is 1. The molecule has 1 aromatic heterocycles. The highest BCUT2D eigenvalue weighted by atomic mass is 15.0. The van der Waals surface area contributed by atoms with Crippen molar-refractivity contribution in [3.8, 4) is 0 Å². The lowest BCUT2D eigenvalue weighted by Crippen LogP contribution is -2.43. The molecule has 1 N–H and O–H groups in total. The van der Waals surface area contributed by atoms with Crippen LogP contribution in [0.5, 0.6) is 0 Å².